The SMILES string of the molecule is Nc1ccccc1OCCS(=O)(=O)NCCc1ncon1. The van der Waals surface area contributed by atoms with E-state index in [1.807, 2.05) is 0 Å². The van der Waals surface area contributed by atoms with Crippen molar-refractivity contribution < 1.29 is 17.7 Å². The fourth-order valence-corrected chi connectivity index (χ4v) is 2.43. The predicted octanol–water partition coefficient (Wildman–Crippen LogP) is 0.193. The molecule has 114 valence electrons. The molecule has 0 spiro atoms. The third kappa shape index (κ3) is 5.04. The quantitative estimate of drug-likeness (QED) is 0.667. The lowest BCUT2D eigenvalue weighted by Gasteiger charge is -2.09. The van der Waals surface area contributed by atoms with Crippen LogP contribution in [0.4, 0.5) is 5.69 Å². The summed E-state index contributed by atoms with van der Waals surface area (Å²) in [4.78, 5) is 3.80. The second kappa shape index (κ2) is 7.04. The number of benzene rings is 1. The van der Waals surface area contributed by atoms with Gasteiger partial charge in [-0.05, 0) is 12.1 Å². The standard InChI is InChI=1S/C12H16N4O4S/c13-10-3-1-2-4-11(10)19-7-8-21(17,18)15-6-5-12-14-9-20-16-12/h1-4,9,15H,5-8,13H2. The van der Waals surface area contributed by atoms with E-state index in [4.69, 9.17) is 10.5 Å². The first-order chi connectivity index (χ1) is 10.1. The van der Waals surface area contributed by atoms with Crippen LogP contribution in [0.1, 0.15) is 5.82 Å². The Morgan fingerprint density at radius 3 is 2.86 bits per heavy atom. The van der Waals surface area contributed by atoms with Crippen LogP contribution in [0.25, 0.3) is 0 Å². The first-order valence-corrected chi connectivity index (χ1v) is 7.92. The van der Waals surface area contributed by atoms with Crippen LogP contribution >= 0.6 is 0 Å². The molecular weight excluding hydrogens is 296 g/mol. The summed E-state index contributed by atoms with van der Waals surface area (Å²) in [5.41, 5.74) is 6.16. The fraction of sp³-hybridized carbons (Fsp3) is 0.333. The molecule has 0 bridgehead atoms. The van der Waals surface area contributed by atoms with Crippen molar-refractivity contribution in [1.29, 1.82) is 0 Å². The Hall–Kier alpha value is -2.13. The van der Waals surface area contributed by atoms with Crippen molar-refractivity contribution >= 4 is 15.7 Å². The number of hydrogen-bond acceptors (Lipinski definition) is 7. The van der Waals surface area contributed by atoms with E-state index in [-0.39, 0.29) is 18.9 Å². The Bertz CT molecular complexity index is 658. The summed E-state index contributed by atoms with van der Waals surface area (Å²) in [6, 6.07) is 6.92. The number of nitrogens with one attached hydrogen (secondary N) is 1. The fourth-order valence-electron chi connectivity index (χ4n) is 1.57. The Labute approximate surface area is 122 Å². The van der Waals surface area contributed by atoms with Gasteiger partial charge >= 0.3 is 0 Å². The van der Waals surface area contributed by atoms with Gasteiger partial charge in [0.2, 0.25) is 16.4 Å². The summed E-state index contributed by atoms with van der Waals surface area (Å²) in [6.07, 6.45) is 1.56. The molecule has 0 saturated heterocycles. The molecule has 0 aliphatic rings. The van der Waals surface area contributed by atoms with Crippen LogP contribution in [-0.4, -0.2) is 37.5 Å². The molecule has 0 amide bonds. The number of nitrogens with two attached hydrogens (primary N) is 1. The van der Waals surface area contributed by atoms with Crippen LogP contribution in [0, 0.1) is 0 Å². The molecule has 21 heavy (non-hydrogen) atoms. The molecule has 0 fully saturated rings. The van der Waals surface area contributed by atoms with Gasteiger partial charge in [-0.25, -0.2) is 13.1 Å². The van der Waals surface area contributed by atoms with E-state index in [0.29, 0.717) is 23.7 Å². The zero-order valence-corrected chi connectivity index (χ0v) is 12.0. The molecule has 8 nitrogen and oxygen atoms in total. The maximum atomic E-state index is 11.7. The minimum atomic E-state index is -3.42. The summed E-state index contributed by atoms with van der Waals surface area (Å²) >= 11 is 0. The topological polar surface area (TPSA) is 120 Å². The highest BCUT2D eigenvalue weighted by Gasteiger charge is 2.11. The van der Waals surface area contributed by atoms with Gasteiger partial charge in [0, 0.05) is 13.0 Å². The molecule has 0 saturated carbocycles. The Morgan fingerprint density at radius 1 is 1.33 bits per heavy atom. The van der Waals surface area contributed by atoms with Crippen molar-refractivity contribution in [3.8, 4) is 5.75 Å². The molecule has 1 aromatic carbocycles. The average molecular weight is 312 g/mol. The van der Waals surface area contributed by atoms with E-state index in [2.05, 4.69) is 19.4 Å². The highest BCUT2D eigenvalue weighted by Crippen LogP contribution is 2.19. The molecule has 1 aromatic heterocycles. The summed E-state index contributed by atoms with van der Waals surface area (Å²) in [5, 5.41) is 3.59. The molecule has 0 aliphatic heterocycles. The second-order valence-electron chi connectivity index (χ2n) is 4.20. The molecule has 2 aromatic rings. The van der Waals surface area contributed by atoms with E-state index >= 15 is 0 Å². The zero-order chi connectivity index (χ0) is 15.1. The lowest BCUT2D eigenvalue weighted by molar-refractivity contribution is 0.342. The highest BCUT2D eigenvalue weighted by atomic mass is 32.2. The van der Waals surface area contributed by atoms with E-state index < -0.39 is 10.0 Å². The van der Waals surface area contributed by atoms with Crippen LogP contribution in [-0.2, 0) is 16.4 Å². The lowest BCUT2D eigenvalue weighted by Crippen LogP contribution is -2.30. The van der Waals surface area contributed by atoms with Crippen molar-refractivity contribution in [1.82, 2.24) is 14.9 Å². The molecule has 3 N–H and O–H groups in total. The van der Waals surface area contributed by atoms with Gasteiger partial charge in [0.1, 0.15) is 12.4 Å². The lowest BCUT2D eigenvalue weighted by atomic mass is 10.3. The molecule has 9 heteroatoms. The second-order valence-corrected chi connectivity index (χ2v) is 6.12. The molecular formula is C12H16N4O4S. The third-order valence-corrected chi connectivity index (χ3v) is 3.95. The van der Waals surface area contributed by atoms with Gasteiger partial charge in [-0.15, -0.1) is 0 Å². The maximum absolute atomic E-state index is 11.7. The zero-order valence-electron chi connectivity index (χ0n) is 11.2. The number of nitrogen functional groups attached to an aromatic ring is 1. The number of rotatable bonds is 8. The minimum absolute atomic E-state index is 0.0196. The summed E-state index contributed by atoms with van der Waals surface area (Å²) in [5.74, 6) is 0.763. The van der Waals surface area contributed by atoms with E-state index in [1.54, 1.807) is 24.3 Å². The van der Waals surface area contributed by atoms with E-state index in [0.717, 1.165) is 0 Å². The number of nitrogens with zero attached hydrogens (tertiary/aromatic N) is 2. The molecule has 1 heterocycles. The van der Waals surface area contributed by atoms with E-state index in [9.17, 15) is 8.42 Å². The average Bonchev–Trinajstić information content (AvgIpc) is 2.94. The van der Waals surface area contributed by atoms with Gasteiger partial charge < -0.3 is 15.0 Å². The molecule has 0 aliphatic carbocycles. The monoisotopic (exact) mass is 312 g/mol. The summed E-state index contributed by atoms with van der Waals surface area (Å²) < 4.78 is 35.8. The van der Waals surface area contributed by atoms with Crippen LogP contribution in [0.5, 0.6) is 5.75 Å². The van der Waals surface area contributed by atoms with Gasteiger partial charge in [0.25, 0.3) is 0 Å². The maximum Gasteiger partial charge on any atom is 0.214 e. The normalized spacial score (nSPS) is 11.4. The number of aromatic nitrogens is 2. The van der Waals surface area contributed by atoms with Crippen LogP contribution in [0.15, 0.2) is 35.2 Å². The van der Waals surface area contributed by atoms with Gasteiger partial charge in [0.15, 0.2) is 5.82 Å². The minimum Gasteiger partial charge on any atom is -0.490 e. The van der Waals surface area contributed by atoms with E-state index in [1.165, 1.54) is 6.39 Å². The first kappa shape index (κ1) is 15.3. The molecule has 0 radical (unpaired) electrons. The molecule has 0 atom stereocenters. The van der Waals surface area contributed by atoms with Crippen molar-refractivity contribution in [3.05, 3.63) is 36.5 Å². The number of ether oxygens (including phenoxy) is 1. The largest absolute Gasteiger partial charge is 0.490 e. The van der Waals surface area contributed by atoms with Crippen molar-refractivity contribution in [2.45, 2.75) is 6.42 Å². The Balaban J connectivity index is 1.72. The third-order valence-electron chi connectivity index (χ3n) is 2.61. The number of para-hydroxylation sites is 2. The van der Waals surface area contributed by atoms with Crippen LogP contribution in [0.2, 0.25) is 0 Å². The summed E-state index contributed by atoms with van der Waals surface area (Å²) in [6.45, 7) is 0.223. The van der Waals surface area contributed by atoms with Crippen LogP contribution < -0.4 is 15.2 Å². The van der Waals surface area contributed by atoms with Crippen molar-refractivity contribution in [2.24, 2.45) is 0 Å². The Morgan fingerprint density at radius 2 is 2.14 bits per heavy atom. The Kier molecular flexibility index (Phi) is 5.12. The van der Waals surface area contributed by atoms with Gasteiger partial charge in [-0.1, -0.05) is 17.3 Å². The number of sulfonamides is 1. The highest BCUT2D eigenvalue weighted by molar-refractivity contribution is 7.89. The van der Waals surface area contributed by atoms with Crippen LogP contribution in [0.3, 0.4) is 0 Å². The predicted molar refractivity (Wildman–Crippen MR) is 76.1 cm³/mol. The smallest absolute Gasteiger partial charge is 0.214 e. The van der Waals surface area contributed by atoms with Gasteiger partial charge in [-0.3, -0.25) is 0 Å². The molecule has 2 rings (SSSR count). The number of anilines is 1. The summed E-state index contributed by atoms with van der Waals surface area (Å²) in [7, 11) is -3.42. The van der Waals surface area contributed by atoms with Crippen molar-refractivity contribution in [3.63, 3.8) is 0 Å². The van der Waals surface area contributed by atoms with Gasteiger partial charge in [-0.2, -0.15) is 4.98 Å². The number of hydrogen-bond donors (Lipinski definition) is 2. The molecule has 0 unspecified atom stereocenters. The van der Waals surface area contributed by atoms with Crippen molar-refractivity contribution in [2.75, 3.05) is 24.6 Å². The first-order valence-electron chi connectivity index (χ1n) is 6.27. The van der Waals surface area contributed by atoms with Gasteiger partial charge in [0.05, 0.1) is 11.4 Å².